The first-order valence-electron chi connectivity index (χ1n) is 6.94. The molecule has 0 aliphatic carbocycles. The van der Waals surface area contributed by atoms with Gasteiger partial charge >= 0.3 is 0 Å². The molecular formula is C15H21Cl2NO. The highest BCUT2D eigenvalue weighted by atomic mass is 35.5. The average Bonchev–Trinajstić information content (AvgIpc) is 2.89. The van der Waals surface area contributed by atoms with Crippen LogP contribution in [0.1, 0.15) is 26.2 Å². The van der Waals surface area contributed by atoms with Gasteiger partial charge in [-0.05, 0) is 56.3 Å². The van der Waals surface area contributed by atoms with Crippen molar-refractivity contribution < 1.29 is 4.74 Å². The molecule has 4 heteroatoms. The van der Waals surface area contributed by atoms with Gasteiger partial charge in [-0.3, -0.25) is 0 Å². The molecule has 2 atom stereocenters. The van der Waals surface area contributed by atoms with Crippen molar-refractivity contribution in [2.24, 2.45) is 11.8 Å². The van der Waals surface area contributed by atoms with E-state index in [1.807, 2.05) is 6.07 Å². The number of hydrogen-bond acceptors (Lipinski definition) is 2. The number of rotatable bonds is 6. The zero-order valence-corrected chi connectivity index (χ0v) is 12.8. The van der Waals surface area contributed by atoms with Gasteiger partial charge in [0.25, 0.3) is 0 Å². The Bertz CT molecular complexity index is 385. The van der Waals surface area contributed by atoms with Crippen molar-refractivity contribution in [3.05, 3.63) is 28.2 Å². The molecule has 2 rings (SSSR count). The molecule has 1 aliphatic heterocycles. The van der Waals surface area contributed by atoms with Crippen molar-refractivity contribution in [3.63, 3.8) is 0 Å². The van der Waals surface area contributed by atoms with Gasteiger partial charge in [-0.25, -0.2) is 0 Å². The van der Waals surface area contributed by atoms with Crippen LogP contribution in [-0.4, -0.2) is 19.7 Å². The molecule has 1 aromatic carbocycles. The summed E-state index contributed by atoms with van der Waals surface area (Å²) in [5.41, 5.74) is 0. The zero-order valence-electron chi connectivity index (χ0n) is 11.3. The molecule has 2 unspecified atom stereocenters. The lowest BCUT2D eigenvalue weighted by molar-refractivity contribution is 0.244. The van der Waals surface area contributed by atoms with Crippen molar-refractivity contribution >= 4 is 23.2 Å². The average molecular weight is 302 g/mol. The number of hydrogen-bond donors (Lipinski definition) is 1. The van der Waals surface area contributed by atoms with Crippen LogP contribution >= 0.6 is 23.2 Å². The molecule has 1 saturated heterocycles. The second-order valence-electron chi connectivity index (χ2n) is 5.40. The summed E-state index contributed by atoms with van der Waals surface area (Å²) in [5, 5.41) is 4.57. The van der Waals surface area contributed by atoms with Crippen LogP contribution in [0, 0.1) is 11.8 Å². The monoisotopic (exact) mass is 301 g/mol. The fourth-order valence-corrected chi connectivity index (χ4v) is 2.92. The normalized spacial score (nSPS) is 20.5. The van der Waals surface area contributed by atoms with Crippen LogP contribution in [0.25, 0.3) is 0 Å². The van der Waals surface area contributed by atoms with E-state index in [1.165, 1.54) is 32.4 Å². The highest BCUT2D eigenvalue weighted by Gasteiger charge is 2.16. The predicted octanol–water partition coefficient (Wildman–Crippen LogP) is 4.40. The van der Waals surface area contributed by atoms with Crippen molar-refractivity contribution in [3.8, 4) is 5.75 Å². The maximum Gasteiger partial charge on any atom is 0.156 e. The van der Waals surface area contributed by atoms with E-state index in [0.717, 1.165) is 5.92 Å². The van der Waals surface area contributed by atoms with E-state index in [4.69, 9.17) is 27.9 Å². The lowest BCUT2D eigenvalue weighted by Crippen LogP contribution is -2.13. The molecular weight excluding hydrogens is 281 g/mol. The molecule has 0 amide bonds. The standard InChI is InChI=1S/C15H21Cl2NO/c1-11(5-6-12-7-8-18-9-12)10-19-15-13(16)3-2-4-14(15)17/h2-4,11-12,18H,5-10H2,1H3. The van der Waals surface area contributed by atoms with Crippen LogP contribution in [0.5, 0.6) is 5.75 Å². The predicted molar refractivity (Wildman–Crippen MR) is 81.3 cm³/mol. The smallest absolute Gasteiger partial charge is 0.156 e. The van der Waals surface area contributed by atoms with Gasteiger partial charge < -0.3 is 10.1 Å². The third kappa shape index (κ3) is 4.55. The minimum Gasteiger partial charge on any atom is -0.490 e. The number of ether oxygens (including phenoxy) is 1. The lowest BCUT2D eigenvalue weighted by Gasteiger charge is -2.16. The van der Waals surface area contributed by atoms with Crippen LogP contribution in [-0.2, 0) is 0 Å². The van der Waals surface area contributed by atoms with Gasteiger partial charge in [0.2, 0.25) is 0 Å². The molecule has 19 heavy (non-hydrogen) atoms. The molecule has 1 fully saturated rings. The summed E-state index contributed by atoms with van der Waals surface area (Å²) in [6.45, 7) is 5.23. The minimum absolute atomic E-state index is 0.521. The van der Waals surface area contributed by atoms with Crippen LogP contribution in [0.3, 0.4) is 0 Å². The summed E-state index contributed by atoms with van der Waals surface area (Å²) in [4.78, 5) is 0. The third-order valence-corrected chi connectivity index (χ3v) is 4.26. The first-order chi connectivity index (χ1) is 9.16. The Morgan fingerprint density at radius 1 is 1.37 bits per heavy atom. The largest absolute Gasteiger partial charge is 0.490 e. The molecule has 0 bridgehead atoms. The van der Waals surface area contributed by atoms with E-state index in [9.17, 15) is 0 Å². The minimum atomic E-state index is 0.521. The number of para-hydroxylation sites is 1. The molecule has 1 aliphatic rings. The van der Waals surface area contributed by atoms with Gasteiger partial charge in [0.1, 0.15) is 0 Å². The number of nitrogens with one attached hydrogen (secondary N) is 1. The fraction of sp³-hybridized carbons (Fsp3) is 0.600. The van der Waals surface area contributed by atoms with Gasteiger partial charge in [0.15, 0.2) is 5.75 Å². The van der Waals surface area contributed by atoms with Crippen LogP contribution in [0.2, 0.25) is 10.0 Å². The second-order valence-corrected chi connectivity index (χ2v) is 6.22. The molecule has 1 heterocycles. The molecule has 0 spiro atoms. The fourth-order valence-electron chi connectivity index (χ4n) is 2.41. The molecule has 1 N–H and O–H groups in total. The summed E-state index contributed by atoms with van der Waals surface area (Å²) in [6.07, 6.45) is 3.77. The van der Waals surface area contributed by atoms with E-state index in [-0.39, 0.29) is 0 Å². The first-order valence-corrected chi connectivity index (χ1v) is 7.70. The lowest BCUT2D eigenvalue weighted by atomic mass is 9.97. The molecule has 0 saturated carbocycles. The van der Waals surface area contributed by atoms with Crippen molar-refractivity contribution in [2.45, 2.75) is 26.2 Å². The Kier molecular flexibility index (Phi) is 5.80. The molecule has 1 aromatic rings. The van der Waals surface area contributed by atoms with E-state index in [0.29, 0.717) is 28.3 Å². The first kappa shape index (κ1) is 15.0. The van der Waals surface area contributed by atoms with Gasteiger partial charge in [0.05, 0.1) is 16.7 Å². The highest BCUT2D eigenvalue weighted by Crippen LogP contribution is 2.32. The van der Waals surface area contributed by atoms with E-state index < -0.39 is 0 Å². The third-order valence-electron chi connectivity index (χ3n) is 3.66. The van der Waals surface area contributed by atoms with Gasteiger partial charge in [-0.1, -0.05) is 36.2 Å². The number of halogens is 2. The van der Waals surface area contributed by atoms with E-state index in [2.05, 4.69) is 12.2 Å². The molecule has 0 aromatic heterocycles. The van der Waals surface area contributed by atoms with Crippen molar-refractivity contribution in [2.75, 3.05) is 19.7 Å². The topological polar surface area (TPSA) is 21.3 Å². The van der Waals surface area contributed by atoms with Crippen LogP contribution in [0.15, 0.2) is 18.2 Å². The number of benzene rings is 1. The SMILES string of the molecule is CC(CCC1CCNC1)COc1c(Cl)cccc1Cl. The highest BCUT2D eigenvalue weighted by molar-refractivity contribution is 6.37. The molecule has 2 nitrogen and oxygen atoms in total. The maximum atomic E-state index is 6.08. The Morgan fingerprint density at radius 2 is 2.11 bits per heavy atom. The summed E-state index contributed by atoms with van der Waals surface area (Å²) in [6, 6.07) is 5.43. The van der Waals surface area contributed by atoms with E-state index >= 15 is 0 Å². The summed E-state index contributed by atoms with van der Waals surface area (Å²) < 4.78 is 5.77. The Hall–Kier alpha value is -0.440. The van der Waals surface area contributed by atoms with Crippen LogP contribution < -0.4 is 10.1 Å². The molecule has 106 valence electrons. The molecule has 0 radical (unpaired) electrons. The van der Waals surface area contributed by atoms with Gasteiger partial charge in [-0.15, -0.1) is 0 Å². The summed E-state index contributed by atoms with van der Waals surface area (Å²) >= 11 is 12.2. The van der Waals surface area contributed by atoms with Crippen molar-refractivity contribution in [1.29, 1.82) is 0 Å². The van der Waals surface area contributed by atoms with Crippen LogP contribution in [0.4, 0.5) is 0 Å². The maximum absolute atomic E-state index is 6.08. The zero-order chi connectivity index (χ0) is 13.7. The van der Waals surface area contributed by atoms with E-state index in [1.54, 1.807) is 12.1 Å². The van der Waals surface area contributed by atoms with Crippen molar-refractivity contribution in [1.82, 2.24) is 5.32 Å². The van der Waals surface area contributed by atoms with Gasteiger partial charge in [-0.2, -0.15) is 0 Å². The quantitative estimate of drug-likeness (QED) is 0.841. The summed E-state index contributed by atoms with van der Waals surface area (Å²) in [7, 11) is 0. The van der Waals surface area contributed by atoms with Gasteiger partial charge in [0, 0.05) is 0 Å². The summed E-state index contributed by atoms with van der Waals surface area (Å²) in [5.74, 6) is 1.97. The Balaban J connectivity index is 1.75. The Labute approximate surface area is 125 Å². The Morgan fingerprint density at radius 3 is 2.74 bits per heavy atom. The second kappa shape index (κ2) is 7.37.